The van der Waals surface area contributed by atoms with E-state index in [-0.39, 0.29) is 31.2 Å². The van der Waals surface area contributed by atoms with Crippen LogP contribution in [-0.2, 0) is 26.5 Å². The summed E-state index contributed by atoms with van der Waals surface area (Å²) in [5, 5.41) is 3.50. The first-order valence-corrected chi connectivity index (χ1v) is 20.6. The molecule has 0 aliphatic carbocycles. The van der Waals surface area contributed by atoms with Gasteiger partial charge in [-0.2, -0.15) is 0 Å². The molecule has 6 heteroatoms. The minimum atomic E-state index is -2.34. The van der Waals surface area contributed by atoms with E-state index in [0.717, 1.165) is 45.7 Å². The monoisotopic (exact) mass is 872 g/mol. The van der Waals surface area contributed by atoms with Crippen molar-refractivity contribution in [2.75, 3.05) is 0 Å². The van der Waals surface area contributed by atoms with Crippen LogP contribution in [0.3, 0.4) is 0 Å². The number of hydrogen-bond donors (Lipinski definition) is 0. The van der Waals surface area contributed by atoms with Gasteiger partial charge in [0.25, 0.3) is 0 Å². The van der Waals surface area contributed by atoms with E-state index in [1.165, 1.54) is 44.6 Å². The normalized spacial score (nSPS) is 12.5. The number of benzene rings is 4. The van der Waals surface area contributed by atoms with Gasteiger partial charge >= 0.3 is 0 Å². The Kier molecular flexibility index (Phi) is 10.3. The van der Waals surface area contributed by atoms with Crippen LogP contribution in [0.25, 0.3) is 55.6 Å². The van der Waals surface area contributed by atoms with E-state index in [4.69, 9.17) is 8.53 Å². The summed E-state index contributed by atoms with van der Waals surface area (Å²) in [6, 6.07) is 31.3. The van der Waals surface area contributed by atoms with E-state index >= 15 is 0 Å². The summed E-state index contributed by atoms with van der Waals surface area (Å²) in [6.45, 7) is 15.3. The van der Waals surface area contributed by atoms with Crippen LogP contribution in [-0.4, -0.2) is 18.0 Å². The minimum absolute atomic E-state index is 0. The molecule has 0 amide bonds. The fraction of sp³-hybridized carbons (Fsp3) is 0.244. The summed E-state index contributed by atoms with van der Waals surface area (Å²) in [5.41, 5.74) is 11.7. The molecule has 0 saturated carbocycles. The average Bonchev–Trinajstić information content (AvgIpc) is 3.46. The Morgan fingerprint density at radius 1 is 0.843 bits per heavy atom. The molecule has 0 saturated heterocycles. The molecule has 3 heterocycles. The van der Waals surface area contributed by atoms with Crippen molar-refractivity contribution >= 4 is 35.2 Å². The van der Waals surface area contributed by atoms with E-state index in [0.29, 0.717) is 11.6 Å². The van der Waals surface area contributed by atoms with Crippen LogP contribution < -0.4 is 5.19 Å². The third-order valence-electron chi connectivity index (χ3n) is 8.90. The molecule has 0 bridgehead atoms. The van der Waals surface area contributed by atoms with Crippen molar-refractivity contribution in [1.82, 2.24) is 9.97 Å². The Morgan fingerprint density at radius 2 is 1.57 bits per heavy atom. The summed E-state index contributed by atoms with van der Waals surface area (Å²) in [7, 11) is -1.56. The van der Waals surface area contributed by atoms with Crippen molar-refractivity contribution in [1.29, 1.82) is 0 Å². The number of aromatic nitrogens is 2. The number of nitrogens with zero attached hydrogens (tertiary/aromatic N) is 2. The topological polar surface area (TPSA) is 38.9 Å². The third-order valence-corrected chi connectivity index (χ3v) is 11.0. The van der Waals surface area contributed by atoms with Gasteiger partial charge in [0.2, 0.25) is 0 Å². The van der Waals surface area contributed by atoms with Gasteiger partial charge in [-0.15, -0.1) is 42.0 Å². The molecule has 1 radical (unpaired) electrons. The zero-order valence-electron chi connectivity index (χ0n) is 33.5. The second-order valence-corrected chi connectivity index (χ2v) is 19.6. The second kappa shape index (κ2) is 15.6. The zero-order chi connectivity index (χ0) is 38.2. The smallest absolute Gasteiger partial charge is 0.120 e. The number of hydrogen-bond acceptors (Lipinski definition) is 3. The maximum atomic E-state index is 14.5. The minimum Gasteiger partial charge on any atom is -0.501 e. The molecule has 7 aromatic rings. The van der Waals surface area contributed by atoms with Crippen LogP contribution in [0, 0.1) is 51.5 Å². The van der Waals surface area contributed by atoms with E-state index < -0.39 is 20.7 Å². The number of para-hydroxylation sites is 1. The van der Waals surface area contributed by atoms with Gasteiger partial charge in [0.1, 0.15) is 5.58 Å². The SMILES string of the molecule is Cc1cc(C)c(-c2ccnc(-c3[c-]ccc4c3oc3ccccc34)c2)c(C)c1.[2H]C([2H])([2H])c1c[c-]c(-c2cc(CC(C)C)c([Si](C)(C)C)cn2)c(F)c1.[Ir]. The molecular formula is C45H45FIrN2OSi-2. The third kappa shape index (κ3) is 8.30. The molecule has 0 unspecified atom stereocenters. The molecule has 3 aromatic heterocycles. The predicted octanol–water partition coefficient (Wildman–Crippen LogP) is 11.8. The Labute approximate surface area is 321 Å². The quantitative estimate of drug-likeness (QED) is 0.123. The number of aryl methyl sites for hydroxylation is 4. The first kappa shape index (κ1) is 33.9. The molecule has 0 spiro atoms. The Bertz CT molecular complexity index is 2430. The van der Waals surface area contributed by atoms with E-state index in [2.05, 4.69) is 113 Å². The number of rotatable bonds is 6. The van der Waals surface area contributed by atoms with Crippen molar-refractivity contribution < 1.29 is 33.0 Å². The van der Waals surface area contributed by atoms with Gasteiger partial charge in [-0.25, -0.2) is 0 Å². The average molecular weight is 872 g/mol. The number of furan rings is 1. The molecular weight excluding hydrogens is 824 g/mol. The van der Waals surface area contributed by atoms with Gasteiger partial charge in [0.15, 0.2) is 0 Å². The van der Waals surface area contributed by atoms with Crippen LogP contribution in [0.5, 0.6) is 0 Å². The molecule has 3 nitrogen and oxygen atoms in total. The fourth-order valence-electron chi connectivity index (χ4n) is 6.82. The zero-order valence-corrected chi connectivity index (χ0v) is 33.9. The van der Waals surface area contributed by atoms with E-state index in [9.17, 15) is 4.39 Å². The maximum absolute atomic E-state index is 14.5. The van der Waals surface area contributed by atoms with Gasteiger partial charge in [-0.1, -0.05) is 110 Å². The van der Waals surface area contributed by atoms with Crippen molar-refractivity contribution in [2.45, 2.75) is 67.5 Å². The van der Waals surface area contributed by atoms with Crippen LogP contribution in [0.15, 0.2) is 95.7 Å². The predicted molar refractivity (Wildman–Crippen MR) is 210 cm³/mol. The fourth-order valence-corrected chi connectivity index (χ4v) is 8.41. The summed E-state index contributed by atoms with van der Waals surface area (Å²) >= 11 is 0. The summed E-state index contributed by atoms with van der Waals surface area (Å²) in [4.78, 5) is 9.10. The van der Waals surface area contributed by atoms with Gasteiger partial charge < -0.3 is 14.4 Å². The van der Waals surface area contributed by atoms with Crippen molar-refractivity contribution in [2.24, 2.45) is 5.92 Å². The Morgan fingerprint density at radius 3 is 2.25 bits per heavy atom. The van der Waals surface area contributed by atoms with Crippen molar-refractivity contribution in [3.63, 3.8) is 0 Å². The van der Waals surface area contributed by atoms with Gasteiger partial charge in [0.05, 0.1) is 13.7 Å². The molecule has 0 aliphatic heterocycles. The standard InChI is InChI=1S/C26H20NO.C19H25FNSi.Ir/c1-16-13-17(2)25(18(3)14-16)19-11-12-27-23(15-19)22-9-6-8-21-20-7-4-5-10-24(20)28-26(21)22;1-13(2)9-15-11-18(21-12-19(15)22(4,5)6)16-8-7-14(3)10-17(16)20;/h4-8,10-15H,1-3H3;7,10-13H,9H2,1-6H3;/q2*-1;/i;3D3;. The largest absolute Gasteiger partial charge is 0.501 e. The summed E-state index contributed by atoms with van der Waals surface area (Å²) in [6.07, 6.45) is 4.65. The molecule has 0 fully saturated rings. The summed E-state index contributed by atoms with van der Waals surface area (Å²) in [5.74, 6) is -0.116. The molecule has 0 atom stereocenters. The molecule has 0 aliphatic rings. The first-order chi connectivity index (χ1) is 25.0. The first-order valence-electron chi connectivity index (χ1n) is 18.6. The number of fused-ring (bicyclic) bond motifs is 3. The Balaban J connectivity index is 0.000000206. The van der Waals surface area contributed by atoms with Crippen LogP contribution in [0.1, 0.15) is 45.8 Å². The summed E-state index contributed by atoms with van der Waals surface area (Å²) < 4.78 is 42.8. The molecule has 0 N–H and O–H groups in total. The molecule has 263 valence electrons. The van der Waals surface area contributed by atoms with Crippen molar-refractivity contribution in [3.05, 3.63) is 137 Å². The Hall–Kier alpha value is -4.22. The van der Waals surface area contributed by atoms with Gasteiger partial charge in [0, 0.05) is 47.8 Å². The van der Waals surface area contributed by atoms with E-state index in [1.807, 2.05) is 42.7 Å². The van der Waals surface area contributed by atoms with Gasteiger partial charge in [-0.05, 0) is 84.1 Å². The number of halogens is 1. The maximum Gasteiger partial charge on any atom is 0.120 e. The van der Waals surface area contributed by atoms with Crippen LogP contribution in [0.4, 0.5) is 4.39 Å². The van der Waals surface area contributed by atoms with Crippen LogP contribution >= 0.6 is 0 Å². The van der Waals surface area contributed by atoms with Crippen LogP contribution in [0.2, 0.25) is 19.6 Å². The van der Waals surface area contributed by atoms with Crippen molar-refractivity contribution in [3.8, 4) is 33.6 Å². The van der Waals surface area contributed by atoms with E-state index in [1.54, 1.807) is 0 Å². The number of pyridine rings is 2. The molecule has 51 heavy (non-hydrogen) atoms. The molecule has 7 rings (SSSR count). The molecule has 4 aromatic carbocycles. The van der Waals surface area contributed by atoms with Gasteiger partial charge in [-0.3, -0.25) is 4.39 Å². The second-order valence-electron chi connectivity index (χ2n) is 14.6.